The van der Waals surface area contributed by atoms with Crippen LogP contribution in [0.1, 0.15) is 17.0 Å². The van der Waals surface area contributed by atoms with E-state index in [0.29, 0.717) is 12.4 Å². The smallest absolute Gasteiger partial charge is 0.243 e. The van der Waals surface area contributed by atoms with E-state index >= 15 is 0 Å². The van der Waals surface area contributed by atoms with E-state index in [1.54, 1.807) is 0 Å². The van der Waals surface area contributed by atoms with Crippen LogP contribution in [0.4, 0.5) is 5.82 Å². The van der Waals surface area contributed by atoms with Crippen molar-refractivity contribution >= 4 is 11.7 Å². The number of aromatic amines is 1. The van der Waals surface area contributed by atoms with Crippen molar-refractivity contribution in [3.63, 3.8) is 0 Å². The minimum Gasteiger partial charge on any atom is -0.381 e. The normalized spacial score (nSPS) is 10.6. The summed E-state index contributed by atoms with van der Waals surface area (Å²) in [6.07, 6.45) is 2.15. The lowest BCUT2D eigenvalue weighted by Crippen LogP contribution is -2.30. The molecule has 102 valence electrons. The molecule has 2 aromatic rings. The second kappa shape index (κ2) is 5.51. The summed E-state index contributed by atoms with van der Waals surface area (Å²) < 4.78 is 0. The summed E-state index contributed by atoms with van der Waals surface area (Å²) in [7, 11) is 0. The molecule has 0 saturated carbocycles. The maximum Gasteiger partial charge on any atom is 0.243 e. The summed E-state index contributed by atoms with van der Waals surface area (Å²) in [6.45, 7) is 4.53. The van der Waals surface area contributed by atoms with E-state index in [-0.39, 0.29) is 12.5 Å². The van der Waals surface area contributed by atoms with Gasteiger partial charge in [0.1, 0.15) is 6.54 Å². The summed E-state index contributed by atoms with van der Waals surface area (Å²) in [4.78, 5) is 12.9. The number of nitrogens with one attached hydrogen (secondary N) is 2. The van der Waals surface area contributed by atoms with E-state index in [2.05, 4.69) is 25.7 Å². The van der Waals surface area contributed by atoms with Crippen molar-refractivity contribution < 1.29 is 4.79 Å². The standard InChI is InChI=1S/C11H17N7O/c1-7-9(8(2)16-15-7)3-4-13-11(19)6-18-14-5-10(12)17-18/h5H,3-4,6H2,1-2H3,(H2,12,17)(H,13,19)(H,15,16). The average Bonchev–Trinajstić information content (AvgIpc) is 2.89. The van der Waals surface area contributed by atoms with Gasteiger partial charge in [0, 0.05) is 12.2 Å². The zero-order valence-electron chi connectivity index (χ0n) is 11.0. The Labute approximate surface area is 110 Å². The third-order valence-electron chi connectivity index (χ3n) is 2.82. The fourth-order valence-corrected chi connectivity index (χ4v) is 1.84. The van der Waals surface area contributed by atoms with Crippen LogP contribution in [0.5, 0.6) is 0 Å². The highest BCUT2D eigenvalue weighted by Gasteiger charge is 2.08. The number of nitrogens with two attached hydrogens (primary N) is 1. The number of aromatic nitrogens is 5. The number of rotatable bonds is 5. The largest absolute Gasteiger partial charge is 0.381 e. The Morgan fingerprint density at radius 1 is 1.53 bits per heavy atom. The third kappa shape index (κ3) is 3.30. The predicted octanol–water partition coefficient (Wildman–Crippen LogP) is -0.441. The minimum atomic E-state index is -0.144. The van der Waals surface area contributed by atoms with Crippen molar-refractivity contribution in [3.05, 3.63) is 23.1 Å². The van der Waals surface area contributed by atoms with Crippen molar-refractivity contribution in [2.75, 3.05) is 12.3 Å². The molecule has 0 aliphatic rings. The van der Waals surface area contributed by atoms with E-state index in [4.69, 9.17) is 5.73 Å². The molecular formula is C11H17N7O. The molecule has 2 rings (SSSR count). The number of nitrogen functional groups attached to an aromatic ring is 1. The molecule has 1 amide bonds. The van der Waals surface area contributed by atoms with Crippen LogP contribution in [0.2, 0.25) is 0 Å². The first kappa shape index (κ1) is 13.1. The molecule has 19 heavy (non-hydrogen) atoms. The summed E-state index contributed by atoms with van der Waals surface area (Å²) in [5, 5.41) is 17.5. The van der Waals surface area contributed by atoms with E-state index < -0.39 is 0 Å². The molecule has 0 aliphatic carbocycles. The van der Waals surface area contributed by atoms with Gasteiger partial charge in [0.2, 0.25) is 5.91 Å². The van der Waals surface area contributed by atoms with Gasteiger partial charge >= 0.3 is 0 Å². The first-order chi connectivity index (χ1) is 9.06. The van der Waals surface area contributed by atoms with Crippen LogP contribution in [0.3, 0.4) is 0 Å². The summed E-state index contributed by atoms with van der Waals surface area (Å²) in [5.41, 5.74) is 8.56. The number of H-pyrrole nitrogens is 1. The van der Waals surface area contributed by atoms with Crippen LogP contribution in [0, 0.1) is 13.8 Å². The summed E-state index contributed by atoms with van der Waals surface area (Å²) in [5.74, 6) is 0.159. The van der Waals surface area contributed by atoms with Crippen LogP contribution in [-0.2, 0) is 17.8 Å². The van der Waals surface area contributed by atoms with Gasteiger partial charge in [-0.2, -0.15) is 15.0 Å². The van der Waals surface area contributed by atoms with Gasteiger partial charge in [-0.05, 0) is 25.8 Å². The van der Waals surface area contributed by atoms with Crippen LogP contribution in [0.15, 0.2) is 6.20 Å². The number of aryl methyl sites for hydroxylation is 2. The van der Waals surface area contributed by atoms with Gasteiger partial charge in [-0.3, -0.25) is 9.89 Å². The van der Waals surface area contributed by atoms with Gasteiger partial charge in [-0.15, -0.1) is 5.10 Å². The molecule has 2 heterocycles. The molecule has 0 radical (unpaired) electrons. The highest BCUT2D eigenvalue weighted by atomic mass is 16.2. The van der Waals surface area contributed by atoms with E-state index in [1.165, 1.54) is 11.0 Å². The Morgan fingerprint density at radius 2 is 2.32 bits per heavy atom. The van der Waals surface area contributed by atoms with E-state index in [1.807, 2.05) is 13.8 Å². The van der Waals surface area contributed by atoms with Gasteiger partial charge in [0.15, 0.2) is 5.82 Å². The van der Waals surface area contributed by atoms with Crippen molar-refractivity contribution in [2.45, 2.75) is 26.8 Å². The monoisotopic (exact) mass is 263 g/mol. The molecule has 8 heteroatoms. The van der Waals surface area contributed by atoms with Crippen LogP contribution in [0.25, 0.3) is 0 Å². The van der Waals surface area contributed by atoms with Gasteiger partial charge in [0.25, 0.3) is 0 Å². The number of nitrogens with zero attached hydrogens (tertiary/aromatic N) is 4. The topological polar surface area (TPSA) is 115 Å². The molecular weight excluding hydrogens is 246 g/mol. The van der Waals surface area contributed by atoms with Crippen molar-refractivity contribution in [3.8, 4) is 0 Å². The average molecular weight is 263 g/mol. The number of anilines is 1. The molecule has 0 saturated heterocycles. The summed E-state index contributed by atoms with van der Waals surface area (Å²) in [6, 6.07) is 0. The summed E-state index contributed by atoms with van der Waals surface area (Å²) >= 11 is 0. The molecule has 0 atom stereocenters. The maximum atomic E-state index is 11.6. The lowest BCUT2D eigenvalue weighted by Gasteiger charge is -2.05. The Kier molecular flexibility index (Phi) is 3.79. The molecule has 0 aliphatic heterocycles. The molecule has 0 fully saturated rings. The molecule has 2 aromatic heterocycles. The van der Waals surface area contributed by atoms with Gasteiger partial charge in [0.05, 0.1) is 11.9 Å². The number of hydrogen-bond donors (Lipinski definition) is 3. The fraction of sp³-hybridized carbons (Fsp3) is 0.455. The number of carbonyl (C=O) groups excluding carboxylic acids is 1. The van der Waals surface area contributed by atoms with Crippen molar-refractivity contribution in [2.24, 2.45) is 0 Å². The van der Waals surface area contributed by atoms with Crippen molar-refractivity contribution in [1.82, 2.24) is 30.5 Å². The highest BCUT2D eigenvalue weighted by Crippen LogP contribution is 2.08. The highest BCUT2D eigenvalue weighted by molar-refractivity contribution is 5.75. The quantitative estimate of drug-likeness (QED) is 0.676. The van der Waals surface area contributed by atoms with E-state index in [9.17, 15) is 4.79 Å². The number of carbonyl (C=O) groups is 1. The number of amides is 1. The first-order valence-corrected chi connectivity index (χ1v) is 5.99. The zero-order chi connectivity index (χ0) is 13.8. The van der Waals surface area contributed by atoms with Gasteiger partial charge in [-0.1, -0.05) is 0 Å². The SMILES string of the molecule is Cc1n[nH]c(C)c1CCNC(=O)Cn1ncc(N)n1. The van der Waals surface area contributed by atoms with Crippen LogP contribution in [-0.4, -0.2) is 37.6 Å². The predicted molar refractivity (Wildman–Crippen MR) is 69.2 cm³/mol. The lowest BCUT2D eigenvalue weighted by molar-refractivity contribution is -0.122. The molecule has 8 nitrogen and oxygen atoms in total. The molecule has 0 unspecified atom stereocenters. The minimum absolute atomic E-state index is 0.0700. The molecule has 4 N–H and O–H groups in total. The Bertz CT molecular complexity index is 552. The number of hydrogen-bond acceptors (Lipinski definition) is 5. The second-order valence-electron chi connectivity index (χ2n) is 4.31. The van der Waals surface area contributed by atoms with Crippen molar-refractivity contribution in [1.29, 1.82) is 0 Å². The van der Waals surface area contributed by atoms with E-state index in [0.717, 1.165) is 23.4 Å². The van der Waals surface area contributed by atoms with Crippen LogP contribution >= 0.6 is 0 Å². The Balaban J connectivity index is 1.78. The molecule has 0 spiro atoms. The maximum absolute atomic E-state index is 11.6. The Morgan fingerprint density at radius 3 is 2.89 bits per heavy atom. The fourth-order valence-electron chi connectivity index (χ4n) is 1.84. The lowest BCUT2D eigenvalue weighted by atomic mass is 10.1. The molecule has 0 aromatic carbocycles. The Hall–Kier alpha value is -2.38. The van der Waals surface area contributed by atoms with Crippen LogP contribution < -0.4 is 11.1 Å². The third-order valence-corrected chi connectivity index (χ3v) is 2.82. The molecule has 0 bridgehead atoms. The second-order valence-corrected chi connectivity index (χ2v) is 4.31. The first-order valence-electron chi connectivity index (χ1n) is 5.99. The van der Waals surface area contributed by atoms with Gasteiger partial charge in [-0.25, -0.2) is 0 Å². The van der Waals surface area contributed by atoms with Gasteiger partial charge < -0.3 is 11.1 Å². The zero-order valence-corrected chi connectivity index (χ0v) is 11.0.